The molecule has 0 radical (unpaired) electrons. The van der Waals surface area contributed by atoms with Gasteiger partial charge in [-0.25, -0.2) is 4.79 Å². The van der Waals surface area contributed by atoms with Gasteiger partial charge in [0.15, 0.2) is 12.9 Å². The molecule has 0 aliphatic carbocycles. The monoisotopic (exact) mass is 404 g/mol. The highest BCUT2D eigenvalue weighted by Crippen LogP contribution is 2.21. The normalized spacial score (nSPS) is 16.6. The van der Waals surface area contributed by atoms with E-state index in [-0.39, 0.29) is 36.3 Å². The van der Waals surface area contributed by atoms with E-state index in [1.165, 1.54) is 30.1 Å². The molecule has 1 aromatic carbocycles. The van der Waals surface area contributed by atoms with Gasteiger partial charge in [0.05, 0.1) is 5.56 Å². The van der Waals surface area contributed by atoms with Gasteiger partial charge in [-0.2, -0.15) is 0 Å². The molecule has 2 rings (SSSR count). The lowest BCUT2D eigenvalue weighted by molar-refractivity contribution is -0.157. The van der Waals surface area contributed by atoms with Gasteiger partial charge in [0.2, 0.25) is 11.8 Å². The number of carbonyl (C=O) groups is 5. The maximum absolute atomic E-state index is 12.9. The van der Waals surface area contributed by atoms with Crippen LogP contribution in [0.5, 0.6) is 5.75 Å². The minimum Gasteiger partial charge on any atom is -0.482 e. The fourth-order valence-corrected chi connectivity index (χ4v) is 2.81. The first-order valence-corrected chi connectivity index (χ1v) is 9.06. The molecular weight excluding hydrogens is 380 g/mol. The first-order chi connectivity index (χ1) is 13.5. The van der Waals surface area contributed by atoms with E-state index in [1.54, 1.807) is 20.8 Å². The van der Waals surface area contributed by atoms with Crippen molar-refractivity contribution in [3.8, 4) is 5.75 Å². The molecule has 1 unspecified atom stereocenters. The van der Waals surface area contributed by atoms with Crippen molar-refractivity contribution in [2.75, 3.05) is 13.7 Å². The summed E-state index contributed by atoms with van der Waals surface area (Å²) in [6, 6.07) is 3.35. The molecule has 9 nitrogen and oxygen atoms in total. The first kappa shape index (κ1) is 22.1. The molecule has 1 N–H and O–H groups in total. The van der Waals surface area contributed by atoms with Crippen molar-refractivity contribution in [1.82, 2.24) is 10.2 Å². The van der Waals surface area contributed by atoms with Crippen molar-refractivity contribution in [3.05, 3.63) is 29.3 Å². The second kappa shape index (κ2) is 8.85. The number of hydrogen-bond acceptors (Lipinski definition) is 7. The SMILES string of the molecule is CN(C(=O)c1cc(OCC(=O)OC(C)(C)C)ccc1C=O)C1CCC(=O)NC1=O. The number of ether oxygens (including phenoxy) is 2. The Labute approximate surface area is 168 Å². The molecule has 156 valence electrons. The van der Waals surface area contributed by atoms with Gasteiger partial charge in [-0.3, -0.25) is 24.5 Å². The second-order valence-electron chi connectivity index (χ2n) is 7.62. The van der Waals surface area contributed by atoms with Gasteiger partial charge in [0.25, 0.3) is 5.91 Å². The molecule has 0 spiro atoms. The zero-order valence-corrected chi connectivity index (χ0v) is 16.8. The zero-order valence-electron chi connectivity index (χ0n) is 16.8. The molecule has 1 aliphatic rings. The Morgan fingerprint density at radius 2 is 1.97 bits per heavy atom. The minimum absolute atomic E-state index is 0.0221. The number of likely N-dealkylation sites (N-methyl/N-ethyl adjacent to an activating group) is 1. The third kappa shape index (κ3) is 5.87. The Kier molecular flexibility index (Phi) is 6.73. The van der Waals surface area contributed by atoms with Gasteiger partial charge < -0.3 is 14.4 Å². The zero-order chi connectivity index (χ0) is 21.8. The molecular formula is C20H24N2O7. The lowest BCUT2D eigenvalue weighted by atomic mass is 10.0. The van der Waals surface area contributed by atoms with Gasteiger partial charge in [-0.05, 0) is 45.4 Å². The average Bonchev–Trinajstić information content (AvgIpc) is 2.63. The summed E-state index contributed by atoms with van der Waals surface area (Å²) in [6.07, 6.45) is 0.828. The summed E-state index contributed by atoms with van der Waals surface area (Å²) in [4.78, 5) is 60.6. The van der Waals surface area contributed by atoms with Crippen LogP contribution in [0.3, 0.4) is 0 Å². The summed E-state index contributed by atoms with van der Waals surface area (Å²) in [5, 5.41) is 2.19. The Morgan fingerprint density at radius 3 is 2.55 bits per heavy atom. The molecule has 1 aromatic rings. The van der Waals surface area contributed by atoms with E-state index >= 15 is 0 Å². The lowest BCUT2D eigenvalue weighted by Crippen LogP contribution is -2.53. The first-order valence-electron chi connectivity index (χ1n) is 9.06. The Balaban J connectivity index is 2.16. The van der Waals surface area contributed by atoms with Crippen LogP contribution in [-0.2, 0) is 19.1 Å². The summed E-state index contributed by atoms with van der Waals surface area (Å²) >= 11 is 0. The number of amides is 3. The van der Waals surface area contributed by atoms with Gasteiger partial charge in [0, 0.05) is 19.0 Å². The molecule has 0 bridgehead atoms. The van der Waals surface area contributed by atoms with Crippen LogP contribution in [0.4, 0.5) is 0 Å². The fraction of sp³-hybridized carbons (Fsp3) is 0.450. The van der Waals surface area contributed by atoms with E-state index in [4.69, 9.17) is 9.47 Å². The highest BCUT2D eigenvalue weighted by Gasteiger charge is 2.33. The number of esters is 1. The molecule has 0 aromatic heterocycles. The number of nitrogens with zero attached hydrogens (tertiary/aromatic N) is 1. The number of benzene rings is 1. The van der Waals surface area contributed by atoms with Crippen LogP contribution >= 0.6 is 0 Å². The van der Waals surface area contributed by atoms with Gasteiger partial charge in [-0.1, -0.05) is 0 Å². The Bertz CT molecular complexity index is 842. The summed E-state index contributed by atoms with van der Waals surface area (Å²) in [5.41, 5.74) is -0.527. The molecule has 0 saturated carbocycles. The third-order valence-corrected chi connectivity index (χ3v) is 4.16. The number of piperidine rings is 1. The molecule has 1 atom stereocenters. The van der Waals surface area contributed by atoms with Gasteiger partial charge in [0.1, 0.15) is 17.4 Å². The standard InChI is InChI=1S/C20H24N2O7/c1-20(2,3)29-17(25)11-28-13-6-5-12(10-23)14(9-13)19(27)22(4)15-7-8-16(24)21-18(15)26/h5-6,9-10,15H,7-8,11H2,1-4H3,(H,21,24,26). The fourth-order valence-electron chi connectivity index (χ4n) is 2.81. The van der Waals surface area contributed by atoms with Crippen molar-refractivity contribution in [2.45, 2.75) is 45.3 Å². The van der Waals surface area contributed by atoms with Crippen LogP contribution in [0.25, 0.3) is 0 Å². The largest absolute Gasteiger partial charge is 0.482 e. The molecule has 3 amide bonds. The number of carbonyl (C=O) groups excluding carboxylic acids is 5. The Hall–Kier alpha value is -3.23. The van der Waals surface area contributed by atoms with Crippen molar-refractivity contribution in [3.63, 3.8) is 0 Å². The number of nitrogens with one attached hydrogen (secondary N) is 1. The van der Waals surface area contributed by atoms with E-state index in [1.807, 2.05) is 0 Å². The second-order valence-corrected chi connectivity index (χ2v) is 7.62. The van der Waals surface area contributed by atoms with Crippen molar-refractivity contribution >= 4 is 30.0 Å². The van der Waals surface area contributed by atoms with E-state index < -0.39 is 35.3 Å². The maximum Gasteiger partial charge on any atom is 0.344 e. The van der Waals surface area contributed by atoms with Crippen molar-refractivity contribution in [2.24, 2.45) is 0 Å². The molecule has 1 aliphatic heterocycles. The summed E-state index contributed by atoms with van der Waals surface area (Å²) in [5.74, 6) is -1.92. The van der Waals surface area contributed by atoms with Crippen LogP contribution < -0.4 is 10.1 Å². The molecule has 1 heterocycles. The molecule has 9 heteroatoms. The predicted octanol–water partition coefficient (Wildman–Crippen LogP) is 1.10. The molecule has 29 heavy (non-hydrogen) atoms. The lowest BCUT2D eigenvalue weighted by Gasteiger charge is -2.30. The van der Waals surface area contributed by atoms with Crippen LogP contribution in [0.2, 0.25) is 0 Å². The van der Waals surface area contributed by atoms with Crippen LogP contribution in [0, 0.1) is 0 Å². The maximum atomic E-state index is 12.9. The Morgan fingerprint density at radius 1 is 1.28 bits per heavy atom. The molecule has 1 saturated heterocycles. The summed E-state index contributed by atoms with van der Waals surface area (Å²) in [7, 11) is 1.42. The molecule has 1 fully saturated rings. The number of hydrogen-bond donors (Lipinski definition) is 1. The smallest absolute Gasteiger partial charge is 0.344 e. The highest BCUT2D eigenvalue weighted by atomic mass is 16.6. The van der Waals surface area contributed by atoms with Gasteiger partial charge >= 0.3 is 5.97 Å². The predicted molar refractivity (Wildman–Crippen MR) is 101 cm³/mol. The summed E-state index contributed by atoms with van der Waals surface area (Å²) < 4.78 is 10.5. The average molecular weight is 404 g/mol. The quantitative estimate of drug-likeness (QED) is 0.428. The highest BCUT2D eigenvalue weighted by molar-refractivity contribution is 6.06. The minimum atomic E-state index is -0.828. The number of imide groups is 1. The van der Waals surface area contributed by atoms with Crippen LogP contribution in [-0.4, -0.2) is 60.2 Å². The van der Waals surface area contributed by atoms with E-state index in [0.29, 0.717) is 6.29 Å². The van der Waals surface area contributed by atoms with Crippen LogP contribution in [0.1, 0.15) is 54.3 Å². The van der Waals surface area contributed by atoms with Gasteiger partial charge in [-0.15, -0.1) is 0 Å². The topological polar surface area (TPSA) is 119 Å². The van der Waals surface area contributed by atoms with E-state index in [9.17, 15) is 24.0 Å². The van der Waals surface area contributed by atoms with E-state index in [0.717, 1.165) is 0 Å². The van der Waals surface area contributed by atoms with E-state index in [2.05, 4.69) is 5.32 Å². The van der Waals surface area contributed by atoms with Crippen molar-refractivity contribution < 1.29 is 33.4 Å². The van der Waals surface area contributed by atoms with Crippen molar-refractivity contribution in [1.29, 1.82) is 0 Å². The van der Waals surface area contributed by atoms with Crippen LogP contribution in [0.15, 0.2) is 18.2 Å². The summed E-state index contributed by atoms with van der Waals surface area (Å²) in [6.45, 7) is 4.82. The third-order valence-electron chi connectivity index (χ3n) is 4.16. The number of aldehydes is 1. The number of rotatable bonds is 6.